The van der Waals surface area contributed by atoms with Gasteiger partial charge in [0, 0.05) is 18.1 Å². The van der Waals surface area contributed by atoms with Crippen LogP contribution in [0.4, 0.5) is 11.8 Å². The summed E-state index contributed by atoms with van der Waals surface area (Å²) >= 11 is 7.55. The van der Waals surface area contributed by atoms with Crippen LogP contribution >= 0.6 is 22.9 Å². The smallest absolute Gasteiger partial charge is 0.246 e. The lowest BCUT2D eigenvalue weighted by Crippen LogP contribution is -2.37. The molecule has 1 fully saturated rings. The highest BCUT2D eigenvalue weighted by atomic mass is 35.5. The quantitative estimate of drug-likeness (QED) is 0.366. The maximum Gasteiger partial charge on any atom is 0.246 e. The number of benzene rings is 1. The molecule has 1 aliphatic heterocycles. The molecule has 0 radical (unpaired) electrons. The van der Waals surface area contributed by atoms with E-state index in [4.69, 9.17) is 25.7 Å². The van der Waals surface area contributed by atoms with Crippen molar-refractivity contribution in [2.75, 3.05) is 36.6 Å². The van der Waals surface area contributed by atoms with Crippen LogP contribution in [-0.2, 0) is 4.74 Å². The molecule has 5 rings (SSSR count). The largest absolute Gasteiger partial charge is 0.443 e. The summed E-state index contributed by atoms with van der Waals surface area (Å²) in [6.45, 7) is 2.87. The molecule has 0 aliphatic carbocycles. The van der Waals surface area contributed by atoms with E-state index in [1.54, 1.807) is 12.4 Å². The van der Waals surface area contributed by atoms with Gasteiger partial charge in [0.1, 0.15) is 10.6 Å². The molecule has 0 unspecified atom stereocenters. The van der Waals surface area contributed by atoms with Gasteiger partial charge >= 0.3 is 0 Å². The molecule has 4 aromatic rings. The summed E-state index contributed by atoms with van der Waals surface area (Å²) in [7, 11) is 0. The van der Waals surface area contributed by atoms with E-state index in [9.17, 15) is 0 Å². The second-order valence-corrected chi connectivity index (χ2v) is 8.06. The van der Waals surface area contributed by atoms with Crippen molar-refractivity contribution in [2.24, 2.45) is 5.10 Å². The van der Waals surface area contributed by atoms with Crippen molar-refractivity contribution in [3.8, 4) is 10.6 Å². The first-order valence-electron chi connectivity index (χ1n) is 9.34. The topological polar surface area (TPSA) is 88.7 Å². The summed E-state index contributed by atoms with van der Waals surface area (Å²) in [5.41, 5.74) is 3.83. The van der Waals surface area contributed by atoms with Gasteiger partial charge in [0.15, 0.2) is 12.2 Å². The lowest BCUT2D eigenvalue weighted by atomic mass is 10.2. The molecule has 10 heteroatoms. The summed E-state index contributed by atoms with van der Waals surface area (Å²) in [4.78, 5) is 17.4. The maximum absolute atomic E-state index is 6.02. The Balaban J connectivity index is 1.50. The van der Waals surface area contributed by atoms with Gasteiger partial charge in [-0.3, -0.25) is 0 Å². The second-order valence-electron chi connectivity index (χ2n) is 6.59. The lowest BCUT2D eigenvalue weighted by molar-refractivity contribution is 0.122. The van der Waals surface area contributed by atoms with Crippen molar-refractivity contribution in [3.63, 3.8) is 0 Å². The summed E-state index contributed by atoms with van der Waals surface area (Å²) in [5, 5.41) is 5.90. The van der Waals surface area contributed by atoms with Crippen molar-refractivity contribution in [1.29, 1.82) is 0 Å². The Bertz CT molecular complexity index is 1190. The predicted molar refractivity (Wildman–Crippen MR) is 119 cm³/mol. The summed E-state index contributed by atoms with van der Waals surface area (Å²) in [5.74, 6) is 1.98. The lowest BCUT2D eigenvalue weighted by Gasteiger charge is -2.28. The van der Waals surface area contributed by atoms with E-state index in [-0.39, 0.29) is 0 Å². The summed E-state index contributed by atoms with van der Waals surface area (Å²) in [6, 6.07) is 9.49. The zero-order chi connectivity index (χ0) is 20.3. The van der Waals surface area contributed by atoms with Gasteiger partial charge in [0.05, 0.1) is 35.9 Å². The van der Waals surface area contributed by atoms with Crippen LogP contribution < -0.4 is 10.3 Å². The highest BCUT2D eigenvalue weighted by molar-refractivity contribution is 7.21. The van der Waals surface area contributed by atoms with Crippen LogP contribution in [0.2, 0.25) is 5.02 Å². The van der Waals surface area contributed by atoms with Crippen molar-refractivity contribution in [1.82, 2.24) is 15.0 Å². The van der Waals surface area contributed by atoms with E-state index in [0.717, 1.165) is 39.6 Å². The fraction of sp³-hybridized carbons (Fsp3) is 0.200. The molecule has 0 saturated carbocycles. The number of aromatic nitrogens is 3. The number of hydrogen-bond donors (Lipinski definition) is 1. The van der Waals surface area contributed by atoms with E-state index in [1.807, 2.05) is 30.3 Å². The van der Waals surface area contributed by atoms with Gasteiger partial charge in [-0.05, 0) is 23.8 Å². The number of ether oxygens (including phenoxy) is 1. The minimum atomic E-state index is 0.424. The van der Waals surface area contributed by atoms with E-state index in [1.165, 1.54) is 17.7 Å². The Morgan fingerprint density at radius 1 is 1.20 bits per heavy atom. The van der Waals surface area contributed by atoms with Crippen molar-refractivity contribution in [2.45, 2.75) is 0 Å². The fourth-order valence-electron chi connectivity index (χ4n) is 3.18. The SMILES string of the molecule is Clc1cccc(/C=N/Nc2nc(N3CCOCC3)c3cc(-c4cnco4)sc3n2)c1. The average Bonchev–Trinajstić information content (AvgIpc) is 3.44. The van der Waals surface area contributed by atoms with E-state index in [0.29, 0.717) is 29.9 Å². The van der Waals surface area contributed by atoms with Crippen molar-refractivity contribution in [3.05, 3.63) is 53.5 Å². The first-order chi connectivity index (χ1) is 14.8. The standard InChI is InChI=1S/C20H17ClN6O2S/c21-14-3-1-2-13(8-14)10-23-26-20-24-18(27-4-6-28-7-5-27)15-9-17(30-19(15)25-20)16-11-22-12-29-16/h1-3,8-12H,4-7H2,(H,24,25,26)/b23-10+. The molecule has 1 aliphatic rings. The number of nitrogens with zero attached hydrogens (tertiary/aromatic N) is 5. The van der Waals surface area contributed by atoms with Gasteiger partial charge in [0.2, 0.25) is 5.95 Å². The Morgan fingerprint density at radius 3 is 2.90 bits per heavy atom. The molecule has 0 atom stereocenters. The van der Waals surface area contributed by atoms with Crippen molar-refractivity contribution < 1.29 is 9.15 Å². The number of hydrogen-bond acceptors (Lipinski definition) is 9. The van der Waals surface area contributed by atoms with Crippen LogP contribution in [0.3, 0.4) is 0 Å². The van der Waals surface area contributed by atoms with Crippen molar-refractivity contribution >= 4 is 51.1 Å². The minimum absolute atomic E-state index is 0.424. The van der Waals surface area contributed by atoms with Gasteiger partial charge in [-0.2, -0.15) is 10.1 Å². The van der Waals surface area contributed by atoms with Gasteiger partial charge in [0.25, 0.3) is 0 Å². The number of morpholine rings is 1. The van der Waals surface area contributed by atoms with Gasteiger partial charge in [-0.25, -0.2) is 15.4 Å². The van der Waals surface area contributed by atoms with Gasteiger partial charge < -0.3 is 14.1 Å². The molecular weight excluding hydrogens is 424 g/mol. The number of anilines is 2. The molecule has 1 aromatic carbocycles. The van der Waals surface area contributed by atoms with Gasteiger partial charge in [-0.1, -0.05) is 23.7 Å². The Labute approximate surface area is 181 Å². The molecule has 1 N–H and O–H groups in total. The Kier molecular flexibility index (Phi) is 5.31. The van der Waals surface area contributed by atoms with Crippen LogP contribution in [0.15, 0.2) is 52.4 Å². The summed E-state index contributed by atoms with van der Waals surface area (Å²) in [6.07, 6.45) is 4.80. The molecule has 3 aromatic heterocycles. The molecule has 4 heterocycles. The monoisotopic (exact) mass is 440 g/mol. The number of thiophene rings is 1. The molecule has 0 amide bonds. The number of oxazole rings is 1. The minimum Gasteiger partial charge on any atom is -0.443 e. The third-order valence-corrected chi connectivity index (χ3v) is 5.86. The second kappa shape index (κ2) is 8.39. The fourth-order valence-corrected chi connectivity index (χ4v) is 4.36. The van der Waals surface area contributed by atoms with E-state index < -0.39 is 0 Å². The highest BCUT2D eigenvalue weighted by Crippen LogP contribution is 2.37. The maximum atomic E-state index is 6.02. The molecule has 1 saturated heterocycles. The van der Waals surface area contributed by atoms with Crippen LogP contribution in [0.1, 0.15) is 5.56 Å². The number of hydrazone groups is 1. The normalized spacial score (nSPS) is 14.6. The molecule has 0 spiro atoms. The van der Waals surface area contributed by atoms with E-state index in [2.05, 4.69) is 25.4 Å². The number of rotatable bonds is 5. The van der Waals surface area contributed by atoms with Crippen LogP contribution in [0.25, 0.3) is 20.9 Å². The zero-order valence-electron chi connectivity index (χ0n) is 15.8. The zero-order valence-corrected chi connectivity index (χ0v) is 17.4. The number of fused-ring (bicyclic) bond motifs is 1. The van der Waals surface area contributed by atoms with E-state index >= 15 is 0 Å². The summed E-state index contributed by atoms with van der Waals surface area (Å²) < 4.78 is 11.0. The van der Waals surface area contributed by atoms with Gasteiger partial charge in [-0.15, -0.1) is 11.3 Å². The first kappa shape index (κ1) is 19.0. The highest BCUT2D eigenvalue weighted by Gasteiger charge is 2.20. The Hall–Kier alpha value is -3.01. The third kappa shape index (κ3) is 4.00. The van der Waals surface area contributed by atoms with Crippen LogP contribution in [0, 0.1) is 0 Å². The van der Waals surface area contributed by atoms with Crippen LogP contribution in [-0.4, -0.2) is 47.5 Å². The Morgan fingerprint density at radius 2 is 2.10 bits per heavy atom. The molecule has 152 valence electrons. The predicted octanol–water partition coefficient (Wildman–Crippen LogP) is 4.28. The molecule has 0 bridgehead atoms. The molecule has 30 heavy (non-hydrogen) atoms. The molecule has 8 nitrogen and oxygen atoms in total. The average molecular weight is 441 g/mol. The van der Waals surface area contributed by atoms with Crippen LogP contribution in [0.5, 0.6) is 0 Å². The first-order valence-corrected chi connectivity index (χ1v) is 10.5. The third-order valence-electron chi connectivity index (χ3n) is 4.59. The molecular formula is C20H17ClN6O2S. The number of nitrogens with one attached hydrogen (secondary N) is 1. The number of halogens is 1.